The molecule has 1 aliphatic rings. The first kappa shape index (κ1) is 20.0. The summed E-state index contributed by atoms with van der Waals surface area (Å²) < 4.78 is 31.1. The van der Waals surface area contributed by atoms with Gasteiger partial charge in [0.15, 0.2) is 0 Å². The maximum atomic E-state index is 12.8. The molecule has 0 unspecified atom stereocenters. The predicted octanol–water partition coefficient (Wildman–Crippen LogP) is 1.81. The Labute approximate surface area is 166 Å². The summed E-state index contributed by atoms with van der Waals surface area (Å²) >= 11 is 0. The number of hydrogen-bond donors (Lipinski definition) is 0. The number of amides is 1. The van der Waals surface area contributed by atoms with Crippen molar-refractivity contribution < 1.29 is 17.9 Å². The highest BCUT2D eigenvalue weighted by atomic mass is 32.2. The van der Waals surface area contributed by atoms with E-state index in [-0.39, 0.29) is 12.5 Å². The van der Waals surface area contributed by atoms with E-state index in [9.17, 15) is 13.2 Å². The molecule has 1 fully saturated rings. The van der Waals surface area contributed by atoms with E-state index in [0.717, 1.165) is 16.2 Å². The molecule has 0 radical (unpaired) electrons. The van der Waals surface area contributed by atoms with Crippen molar-refractivity contribution in [3.63, 3.8) is 0 Å². The molecule has 1 saturated heterocycles. The number of anilines is 2. The van der Waals surface area contributed by atoms with E-state index in [0.29, 0.717) is 37.6 Å². The van der Waals surface area contributed by atoms with Gasteiger partial charge in [-0.25, -0.2) is 8.42 Å². The Hall–Kier alpha value is -2.74. The quantitative estimate of drug-likeness (QED) is 0.736. The standard InChI is InChI=1S/C20H25N3O4S/c1-27-19-11-7-6-10-18(19)23(28(2,25)26)16-20(24)22-14-12-21(13-15-22)17-8-4-3-5-9-17/h3-11H,12-16H2,1-2H3. The lowest BCUT2D eigenvalue weighted by atomic mass is 10.2. The summed E-state index contributed by atoms with van der Waals surface area (Å²) in [6, 6.07) is 16.8. The molecule has 0 spiro atoms. The third-order valence-corrected chi connectivity index (χ3v) is 5.91. The highest BCUT2D eigenvalue weighted by molar-refractivity contribution is 7.92. The normalized spacial score (nSPS) is 14.6. The van der Waals surface area contributed by atoms with Crippen molar-refractivity contribution in [3.8, 4) is 5.75 Å². The second kappa shape index (κ2) is 8.52. The van der Waals surface area contributed by atoms with E-state index in [4.69, 9.17) is 4.74 Å². The average molecular weight is 404 g/mol. The molecule has 1 heterocycles. The van der Waals surface area contributed by atoms with Crippen molar-refractivity contribution in [1.29, 1.82) is 0 Å². The van der Waals surface area contributed by atoms with Crippen LogP contribution in [0.15, 0.2) is 54.6 Å². The Morgan fingerprint density at radius 1 is 1.00 bits per heavy atom. The number of hydrogen-bond acceptors (Lipinski definition) is 5. The Bertz CT molecular complexity index is 910. The largest absolute Gasteiger partial charge is 0.495 e. The van der Waals surface area contributed by atoms with Crippen LogP contribution < -0.4 is 13.9 Å². The molecule has 0 saturated carbocycles. The van der Waals surface area contributed by atoms with Gasteiger partial charge in [0, 0.05) is 31.9 Å². The minimum atomic E-state index is -3.64. The molecule has 0 aromatic heterocycles. The SMILES string of the molecule is COc1ccccc1N(CC(=O)N1CCN(c2ccccc2)CC1)S(C)(=O)=O. The molecular weight excluding hydrogens is 378 g/mol. The molecule has 0 bridgehead atoms. The molecule has 0 N–H and O–H groups in total. The number of methoxy groups -OCH3 is 1. The highest BCUT2D eigenvalue weighted by Crippen LogP contribution is 2.29. The van der Waals surface area contributed by atoms with Crippen LogP contribution in [0.1, 0.15) is 0 Å². The maximum absolute atomic E-state index is 12.8. The van der Waals surface area contributed by atoms with Crippen molar-refractivity contribution in [2.45, 2.75) is 0 Å². The van der Waals surface area contributed by atoms with Crippen molar-refractivity contribution in [1.82, 2.24) is 4.90 Å². The van der Waals surface area contributed by atoms with Crippen LogP contribution in [-0.2, 0) is 14.8 Å². The molecule has 2 aromatic carbocycles. The van der Waals surface area contributed by atoms with Crippen LogP contribution in [0.25, 0.3) is 0 Å². The van der Waals surface area contributed by atoms with Gasteiger partial charge in [-0.05, 0) is 24.3 Å². The summed E-state index contributed by atoms with van der Waals surface area (Å²) in [7, 11) is -2.17. The lowest BCUT2D eigenvalue weighted by Crippen LogP contribution is -2.52. The molecule has 1 aliphatic heterocycles. The molecule has 7 nitrogen and oxygen atoms in total. The van der Waals surface area contributed by atoms with Gasteiger partial charge < -0.3 is 14.5 Å². The number of ether oxygens (including phenoxy) is 1. The lowest BCUT2D eigenvalue weighted by Gasteiger charge is -2.37. The number of nitrogens with zero attached hydrogens (tertiary/aromatic N) is 3. The molecule has 0 atom stereocenters. The summed E-state index contributed by atoms with van der Waals surface area (Å²) in [5.74, 6) is 0.193. The van der Waals surface area contributed by atoms with Crippen molar-refractivity contribution in [3.05, 3.63) is 54.6 Å². The minimum Gasteiger partial charge on any atom is -0.495 e. The zero-order chi connectivity index (χ0) is 20.1. The summed E-state index contributed by atoms with van der Waals surface area (Å²) in [5.41, 5.74) is 1.49. The van der Waals surface area contributed by atoms with Crippen LogP contribution in [0, 0.1) is 0 Å². The van der Waals surface area contributed by atoms with Crippen molar-refractivity contribution in [2.24, 2.45) is 0 Å². The van der Waals surface area contributed by atoms with Gasteiger partial charge >= 0.3 is 0 Å². The first-order valence-electron chi connectivity index (χ1n) is 9.08. The summed E-state index contributed by atoms with van der Waals surface area (Å²) in [6.07, 6.45) is 1.10. The molecule has 8 heteroatoms. The Balaban J connectivity index is 1.70. The monoisotopic (exact) mass is 403 g/mol. The fraction of sp³-hybridized carbons (Fsp3) is 0.350. The topological polar surface area (TPSA) is 70.2 Å². The smallest absolute Gasteiger partial charge is 0.243 e. The van der Waals surface area contributed by atoms with Crippen molar-refractivity contribution >= 4 is 27.3 Å². The second-order valence-electron chi connectivity index (χ2n) is 6.64. The van der Waals surface area contributed by atoms with E-state index in [2.05, 4.69) is 4.90 Å². The molecule has 1 amide bonds. The molecule has 28 heavy (non-hydrogen) atoms. The highest BCUT2D eigenvalue weighted by Gasteiger charge is 2.28. The van der Waals surface area contributed by atoms with Gasteiger partial charge in [0.05, 0.1) is 19.1 Å². The number of benzene rings is 2. The first-order valence-corrected chi connectivity index (χ1v) is 10.9. The first-order chi connectivity index (χ1) is 13.4. The fourth-order valence-corrected chi connectivity index (χ4v) is 4.15. The second-order valence-corrected chi connectivity index (χ2v) is 8.55. The zero-order valence-electron chi connectivity index (χ0n) is 16.1. The van der Waals surface area contributed by atoms with Crippen molar-refractivity contribution in [2.75, 3.05) is 55.3 Å². The lowest BCUT2D eigenvalue weighted by molar-refractivity contribution is -0.129. The maximum Gasteiger partial charge on any atom is 0.243 e. The molecule has 3 rings (SSSR count). The zero-order valence-corrected chi connectivity index (χ0v) is 16.9. The predicted molar refractivity (Wildman–Crippen MR) is 110 cm³/mol. The molecular formula is C20H25N3O4S. The average Bonchev–Trinajstić information content (AvgIpc) is 2.72. The van der Waals surface area contributed by atoms with E-state index in [1.165, 1.54) is 7.11 Å². The van der Waals surface area contributed by atoms with Crippen LogP contribution in [0.3, 0.4) is 0 Å². The Morgan fingerprint density at radius 3 is 2.21 bits per heavy atom. The van der Waals surface area contributed by atoms with Crippen LogP contribution in [0.2, 0.25) is 0 Å². The third kappa shape index (κ3) is 4.56. The third-order valence-electron chi connectivity index (χ3n) is 4.79. The van der Waals surface area contributed by atoms with Gasteiger partial charge in [0.25, 0.3) is 0 Å². The van der Waals surface area contributed by atoms with E-state index >= 15 is 0 Å². The van der Waals surface area contributed by atoms with Crippen LogP contribution in [0.4, 0.5) is 11.4 Å². The number of piperazine rings is 1. The number of para-hydroxylation sites is 3. The summed E-state index contributed by atoms with van der Waals surface area (Å²) in [6.45, 7) is 2.28. The number of carbonyl (C=O) groups is 1. The van der Waals surface area contributed by atoms with E-state index in [1.54, 1.807) is 29.2 Å². The molecule has 150 valence electrons. The Morgan fingerprint density at radius 2 is 1.61 bits per heavy atom. The van der Waals surface area contributed by atoms with Gasteiger partial charge in [0.1, 0.15) is 12.3 Å². The fourth-order valence-electron chi connectivity index (χ4n) is 3.29. The van der Waals surface area contributed by atoms with Gasteiger partial charge in [-0.2, -0.15) is 0 Å². The number of carbonyl (C=O) groups excluding carboxylic acids is 1. The van der Waals surface area contributed by atoms with E-state index in [1.807, 2.05) is 30.3 Å². The van der Waals surface area contributed by atoms with Gasteiger partial charge in [0.2, 0.25) is 15.9 Å². The number of sulfonamides is 1. The number of rotatable bonds is 6. The van der Waals surface area contributed by atoms with Gasteiger partial charge in [-0.3, -0.25) is 9.10 Å². The van der Waals surface area contributed by atoms with Gasteiger partial charge in [-0.1, -0.05) is 30.3 Å². The summed E-state index contributed by atoms with van der Waals surface area (Å²) in [5, 5.41) is 0. The van der Waals surface area contributed by atoms with Crippen LogP contribution in [-0.4, -0.2) is 65.3 Å². The van der Waals surface area contributed by atoms with E-state index < -0.39 is 10.0 Å². The van der Waals surface area contributed by atoms with Crippen LogP contribution >= 0.6 is 0 Å². The van der Waals surface area contributed by atoms with Crippen LogP contribution in [0.5, 0.6) is 5.75 Å². The Kier molecular flexibility index (Phi) is 6.08. The van der Waals surface area contributed by atoms with Gasteiger partial charge in [-0.15, -0.1) is 0 Å². The minimum absolute atomic E-state index is 0.218. The summed E-state index contributed by atoms with van der Waals surface area (Å²) in [4.78, 5) is 16.8. The molecule has 0 aliphatic carbocycles. The molecule has 2 aromatic rings.